The summed E-state index contributed by atoms with van der Waals surface area (Å²) in [6.45, 7) is 1.49. The third-order valence-corrected chi connectivity index (χ3v) is 5.40. The zero-order valence-corrected chi connectivity index (χ0v) is 14.5. The van der Waals surface area contributed by atoms with Crippen LogP contribution in [0, 0.1) is 5.92 Å². The second-order valence-corrected chi connectivity index (χ2v) is 7.53. The van der Waals surface area contributed by atoms with Gasteiger partial charge in [-0.3, -0.25) is 4.68 Å². The Kier molecular flexibility index (Phi) is 4.61. The molecular weight excluding hydrogens is 326 g/mol. The lowest BCUT2D eigenvalue weighted by Gasteiger charge is -2.15. The first kappa shape index (κ1) is 16.1. The van der Waals surface area contributed by atoms with E-state index in [1.807, 2.05) is 10.9 Å². The molecular formula is C17H24ClN5O. The number of rotatable bonds is 5. The van der Waals surface area contributed by atoms with Gasteiger partial charge < -0.3 is 15.4 Å². The molecule has 3 atom stereocenters. The Bertz CT molecular complexity index is 673. The number of aliphatic hydroxyl groups excluding tert-OH is 1. The third-order valence-electron chi connectivity index (χ3n) is 5.21. The van der Waals surface area contributed by atoms with Crippen molar-refractivity contribution in [1.82, 2.24) is 25.1 Å². The first-order valence-corrected chi connectivity index (χ1v) is 9.21. The molecule has 2 aliphatic carbocycles. The smallest absolute Gasteiger partial charge is 0.120 e. The van der Waals surface area contributed by atoms with Crippen molar-refractivity contribution in [3.05, 3.63) is 34.6 Å². The normalized spacial score (nSPS) is 26.7. The summed E-state index contributed by atoms with van der Waals surface area (Å²) < 4.78 is 1.86. The zero-order valence-electron chi connectivity index (χ0n) is 13.7. The average molecular weight is 350 g/mol. The summed E-state index contributed by atoms with van der Waals surface area (Å²) in [6, 6.07) is 0.114. The van der Waals surface area contributed by atoms with E-state index >= 15 is 0 Å². The fourth-order valence-electron chi connectivity index (χ4n) is 4.01. The number of aliphatic hydroxyl groups is 1. The Morgan fingerprint density at radius 3 is 3.00 bits per heavy atom. The molecule has 2 aromatic heterocycles. The van der Waals surface area contributed by atoms with Gasteiger partial charge in [-0.25, -0.2) is 4.98 Å². The fraction of sp³-hybridized carbons (Fsp3) is 0.647. The third kappa shape index (κ3) is 3.50. The second kappa shape index (κ2) is 6.86. The molecule has 1 saturated carbocycles. The van der Waals surface area contributed by atoms with E-state index < -0.39 is 0 Å². The quantitative estimate of drug-likeness (QED) is 0.772. The maximum atomic E-state index is 10.3. The van der Waals surface area contributed by atoms with Crippen LogP contribution in [0.5, 0.6) is 0 Å². The first-order chi connectivity index (χ1) is 11.7. The number of H-pyrrole nitrogens is 1. The van der Waals surface area contributed by atoms with E-state index in [2.05, 4.69) is 15.4 Å². The van der Waals surface area contributed by atoms with Crippen molar-refractivity contribution >= 4 is 11.6 Å². The molecule has 3 N–H and O–H groups in total. The number of nitrogens with zero attached hydrogens (tertiary/aromatic N) is 3. The number of halogens is 1. The molecule has 7 heteroatoms. The van der Waals surface area contributed by atoms with Gasteiger partial charge in [0.25, 0.3) is 0 Å². The van der Waals surface area contributed by atoms with Crippen LogP contribution < -0.4 is 5.32 Å². The van der Waals surface area contributed by atoms with Crippen LogP contribution in [0.2, 0.25) is 5.02 Å². The minimum atomic E-state index is -0.314. The van der Waals surface area contributed by atoms with Gasteiger partial charge in [-0.1, -0.05) is 11.6 Å². The van der Waals surface area contributed by atoms with Crippen LogP contribution in [0.1, 0.15) is 42.9 Å². The Morgan fingerprint density at radius 2 is 2.21 bits per heavy atom. The molecule has 0 aliphatic heterocycles. The SMILES string of the molecule is O[C@@H]1CC(Cn2cc(Cl)cn2)C[C@H]1NCc1nc2c([nH]1)CCCC2. The minimum Gasteiger partial charge on any atom is -0.391 e. The van der Waals surface area contributed by atoms with Gasteiger partial charge in [0.2, 0.25) is 0 Å². The van der Waals surface area contributed by atoms with Gasteiger partial charge in [0.05, 0.1) is 29.6 Å². The molecule has 1 fully saturated rings. The van der Waals surface area contributed by atoms with E-state index in [1.165, 1.54) is 24.2 Å². The molecule has 2 aliphatic rings. The molecule has 0 radical (unpaired) electrons. The molecule has 2 heterocycles. The van der Waals surface area contributed by atoms with Crippen molar-refractivity contribution in [1.29, 1.82) is 0 Å². The van der Waals surface area contributed by atoms with E-state index in [0.29, 0.717) is 17.5 Å². The lowest BCUT2D eigenvalue weighted by Crippen LogP contribution is -2.35. The Labute approximate surface area is 146 Å². The summed E-state index contributed by atoms with van der Waals surface area (Å²) in [4.78, 5) is 8.14. The second-order valence-electron chi connectivity index (χ2n) is 7.09. The van der Waals surface area contributed by atoms with Gasteiger partial charge in [-0.15, -0.1) is 0 Å². The average Bonchev–Trinajstić information content (AvgIpc) is 3.24. The van der Waals surface area contributed by atoms with Crippen molar-refractivity contribution in [3.8, 4) is 0 Å². The molecule has 24 heavy (non-hydrogen) atoms. The van der Waals surface area contributed by atoms with Crippen LogP contribution >= 0.6 is 11.6 Å². The summed E-state index contributed by atoms with van der Waals surface area (Å²) in [5.41, 5.74) is 2.54. The largest absolute Gasteiger partial charge is 0.391 e. The van der Waals surface area contributed by atoms with Crippen LogP contribution in [0.25, 0.3) is 0 Å². The van der Waals surface area contributed by atoms with Gasteiger partial charge in [0, 0.05) is 24.5 Å². The van der Waals surface area contributed by atoms with Crippen molar-refractivity contribution in [2.24, 2.45) is 5.92 Å². The number of nitrogens with one attached hydrogen (secondary N) is 2. The molecule has 0 bridgehead atoms. The van der Waals surface area contributed by atoms with Crippen LogP contribution in [-0.4, -0.2) is 37.0 Å². The van der Waals surface area contributed by atoms with Crippen molar-refractivity contribution in [2.45, 2.75) is 63.8 Å². The first-order valence-electron chi connectivity index (χ1n) is 8.83. The highest BCUT2D eigenvalue weighted by atomic mass is 35.5. The standard InChI is InChI=1S/C17H24ClN5O/c18-12-7-20-23(10-12)9-11-5-15(16(24)6-11)19-8-17-21-13-3-1-2-4-14(13)22-17/h7,10-11,15-16,19,24H,1-6,8-9H2,(H,21,22)/t11?,15-,16-/m1/s1. The monoisotopic (exact) mass is 349 g/mol. The Balaban J connectivity index is 1.31. The summed E-state index contributed by atoms with van der Waals surface area (Å²) in [7, 11) is 0. The van der Waals surface area contributed by atoms with E-state index in [4.69, 9.17) is 16.6 Å². The summed E-state index contributed by atoms with van der Waals surface area (Å²) in [6.07, 6.45) is 9.61. The van der Waals surface area contributed by atoms with E-state index in [-0.39, 0.29) is 12.1 Å². The minimum absolute atomic E-state index is 0.114. The number of aryl methyl sites for hydroxylation is 2. The van der Waals surface area contributed by atoms with Crippen LogP contribution in [-0.2, 0) is 25.9 Å². The van der Waals surface area contributed by atoms with E-state index in [9.17, 15) is 5.11 Å². The lowest BCUT2D eigenvalue weighted by atomic mass is 10.0. The van der Waals surface area contributed by atoms with E-state index in [0.717, 1.165) is 38.1 Å². The van der Waals surface area contributed by atoms with Gasteiger partial charge in [-0.2, -0.15) is 5.10 Å². The number of aromatic amines is 1. The highest BCUT2D eigenvalue weighted by molar-refractivity contribution is 6.30. The van der Waals surface area contributed by atoms with Crippen LogP contribution in [0.4, 0.5) is 0 Å². The Hall–Kier alpha value is -1.37. The number of aromatic nitrogens is 4. The van der Waals surface area contributed by atoms with Crippen LogP contribution in [0.15, 0.2) is 12.4 Å². The molecule has 0 aromatic carbocycles. The maximum absolute atomic E-state index is 10.3. The van der Waals surface area contributed by atoms with Gasteiger partial charge in [0.15, 0.2) is 0 Å². The highest BCUT2D eigenvalue weighted by Crippen LogP contribution is 2.28. The molecule has 130 valence electrons. The summed E-state index contributed by atoms with van der Waals surface area (Å²) in [5, 5.41) is 18.7. The molecule has 0 amide bonds. The molecule has 1 unspecified atom stereocenters. The van der Waals surface area contributed by atoms with Crippen molar-refractivity contribution in [2.75, 3.05) is 0 Å². The molecule has 0 spiro atoms. The predicted molar refractivity (Wildman–Crippen MR) is 91.8 cm³/mol. The summed E-state index contributed by atoms with van der Waals surface area (Å²) >= 11 is 5.91. The van der Waals surface area contributed by atoms with Gasteiger partial charge in [-0.05, 0) is 44.4 Å². The number of hydrogen-bond donors (Lipinski definition) is 3. The van der Waals surface area contributed by atoms with Crippen LogP contribution in [0.3, 0.4) is 0 Å². The topological polar surface area (TPSA) is 78.8 Å². The highest BCUT2D eigenvalue weighted by Gasteiger charge is 2.33. The van der Waals surface area contributed by atoms with Crippen molar-refractivity contribution < 1.29 is 5.11 Å². The van der Waals surface area contributed by atoms with Gasteiger partial charge in [0.1, 0.15) is 5.82 Å². The van der Waals surface area contributed by atoms with E-state index in [1.54, 1.807) is 6.20 Å². The molecule has 0 saturated heterocycles. The lowest BCUT2D eigenvalue weighted by molar-refractivity contribution is 0.145. The van der Waals surface area contributed by atoms with Gasteiger partial charge >= 0.3 is 0 Å². The number of fused-ring (bicyclic) bond motifs is 1. The Morgan fingerprint density at radius 1 is 1.33 bits per heavy atom. The predicted octanol–water partition coefficient (Wildman–Crippen LogP) is 2.07. The summed E-state index contributed by atoms with van der Waals surface area (Å²) in [5.74, 6) is 1.41. The zero-order chi connectivity index (χ0) is 16.5. The van der Waals surface area contributed by atoms with Crippen molar-refractivity contribution in [3.63, 3.8) is 0 Å². The number of hydrogen-bond acceptors (Lipinski definition) is 4. The fourth-order valence-corrected chi connectivity index (χ4v) is 4.17. The molecule has 2 aromatic rings. The molecule has 4 rings (SSSR count). The maximum Gasteiger partial charge on any atom is 0.120 e. The molecule has 6 nitrogen and oxygen atoms in total. The number of imidazole rings is 1.